The molecule has 1 saturated heterocycles. The number of aromatic nitrogens is 2. The molecule has 1 radical (unpaired) electrons. The van der Waals surface area contributed by atoms with Crippen LogP contribution in [-0.2, 0) is 9.59 Å². The van der Waals surface area contributed by atoms with Crippen LogP contribution in [0.25, 0.3) is 6.08 Å². The Morgan fingerprint density at radius 1 is 1.47 bits per heavy atom. The van der Waals surface area contributed by atoms with E-state index in [0.29, 0.717) is 21.5 Å². The number of amides is 1. The minimum Gasteiger partial charge on any atom is -0.477 e. The van der Waals surface area contributed by atoms with Crippen molar-refractivity contribution >= 4 is 105 Å². The number of thioether (sulfide) groups is 2. The van der Waals surface area contributed by atoms with Crippen molar-refractivity contribution in [3.63, 3.8) is 0 Å². The molecule has 4 rings (SSSR count). The van der Waals surface area contributed by atoms with Gasteiger partial charge in [0.05, 0.1) is 16.1 Å². The van der Waals surface area contributed by atoms with Gasteiger partial charge in [-0.1, -0.05) is 11.8 Å². The Morgan fingerprint density at radius 2 is 2.25 bits per heavy atom. The molecule has 5 N–H and O–H groups in total. The van der Waals surface area contributed by atoms with Crippen molar-refractivity contribution in [3.05, 3.63) is 43.2 Å². The first-order valence-corrected chi connectivity index (χ1v) is 12.4. The van der Waals surface area contributed by atoms with E-state index in [9.17, 15) is 19.9 Å². The third-order valence-corrected chi connectivity index (χ3v) is 8.37. The predicted molar refractivity (Wildman–Crippen MR) is 129 cm³/mol. The summed E-state index contributed by atoms with van der Waals surface area (Å²) in [5, 5.41) is 22.4. The quantitative estimate of drug-likeness (QED) is 0.146. The normalized spacial score (nSPS) is 20.8. The zero-order valence-corrected chi connectivity index (χ0v) is 22.1. The summed E-state index contributed by atoms with van der Waals surface area (Å²) in [6.45, 7) is 1.90. The Bertz CT molecular complexity index is 1130. The summed E-state index contributed by atoms with van der Waals surface area (Å²) in [6, 6.07) is -0.834. The summed E-state index contributed by atoms with van der Waals surface area (Å²) in [6.07, 6.45) is 1.88. The van der Waals surface area contributed by atoms with E-state index >= 15 is 0 Å². The maximum atomic E-state index is 12.8. The van der Waals surface area contributed by atoms with Gasteiger partial charge in [0, 0.05) is 45.6 Å². The Kier molecular flexibility index (Phi) is 8.43. The van der Waals surface area contributed by atoms with Crippen LogP contribution in [0.5, 0.6) is 0 Å². The molecule has 0 spiro atoms. The first-order chi connectivity index (χ1) is 14.9. The monoisotopic (exact) mass is 519 g/mol. The number of carboxylic acid groups (broad SMARTS) is 1. The fourth-order valence-electron chi connectivity index (χ4n) is 2.98. The number of carboxylic acids is 1. The van der Waals surface area contributed by atoms with Crippen molar-refractivity contribution in [2.75, 3.05) is 11.5 Å². The van der Waals surface area contributed by atoms with Crippen LogP contribution in [0.3, 0.4) is 0 Å². The Labute approximate surface area is 221 Å². The number of amidine groups is 1. The van der Waals surface area contributed by atoms with Crippen LogP contribution in [0.1, 0.15) is 16.3 Å². The van der Waals surface area contributed by atoms with Crippen molar-refractivity contribution < 1.29 is 19.9 Å². The number of hydroxylamine groups is 1. The molecule has 163 valence electrons. The Morgan fingerprint density at radius 3 is 2.84 bits per heavy atom. The number of carbonyl (C=O) groups excluding carboxylic acids is 1. The van der Waals surface area contributed by atoms with Crippen LogP contribution < -0.4 is 11.2 Å². The number of nitrogens with two attached hydrogens (primary N) is 1. The average Bonchev–Trinajstić information content (AvgIpc) is 3.36. The standard InChI is InChI=1S/C17H16N6O4S4.Na/c1-7-9(31-6-19-7)2-3-28-10-5-29-15-11(14(24)23(15)12(10)16(25)26)21-13(22-27)8-4-30-17(18)20-8;/h2-4,6,11,15,27H,5H2,1H3,(H2,18,20)(H,21,22)(H,25,26);/b3-2-;. The smallest absolute Gasteiger partial charge is 0.353 e. The van der Waals surface area contributed by atoms with E-state index in [1.165, 1.54) is 51.1 Å². The number of aliphatic imine (C=N–C) groups is 1. The summed E-state index contributed by atoms with van der Waals surface area (Å²) in [4.78, 5) is 40.0. The molecule has 32 heavy (non-hydrogen) atoms. The maximum absolute atomic E-state index is 12.8. The number of aryl methyl sites for hydroxylation is 1. The first-order valence-electron chi connectivity index (χ1n) is 8.74. The second-order valence-corrected chi connectivity index (χ2v) is 10.2. The molecule has 2 aromatic rings. The largest absolute Gasteiger partial charge is 0.477 e. The average molecular weight is 520 g/mol. The van der Waals surface area contributed by atoms with E-state index in [1.54, 1.807) is 16.3 Å². The summed E-state index contributed by atoms with van der Waals surface area (Å²) in [5.74, 6) is -1.19. The van der Waals surface area contributed by atoms with E-state index in [0.717, 1.165) is 10.6 Å². The molecule has 0 aliphatic carbocycles. The van der Waals surface area contributed by atoms with E-state index in [4.69, 9.17) is 5.73 Å². The van der Waals surface area contributed by atoms with Gasteiger partial charge >= 0.3 is 5.97 Å². The molecular formula is C17H16N6NaO4S4. The predicted octanol–water partition coefficient (Wildman–Crippen LogP) is 1.82. The molecule has 2 aromatic heterocycles. The number of nitrogens with zero attached hydrogens (tertiary/aromatic N) is 4. The third-order valence-electron chi connectivity index (χ3n) is 4.46. The minimum absolute atomic E-state index is 0. The first kappa shape index (κ1) is 25.2. The molecule has 15 heteroatoms. The zero-order chi connectivity index (χ0) is 22.1. The van der Waals surface area contributed by atoms with Crippen LogP contribution in [0.15, 0.2) is 31.9 Å². The van der Waals surface area contributed by atoms with Crippen LogP contribution >= 0.6 is 46.2 Å². The van der Waals surface area contributed by atoms with Crippen molar-refractivity contribution in [1.82, 2.24) is 20.3 Å². The van der Waals surface area contributed by atoms with Gasteiger partial charge in [-0.05, 0) is 18.4 Å². The summed E-state index contributed by atoms with van der Waals surface area (Å²) >= 11 is 5.36. The number of rotatable bonds is 6. The van der Waals surface area contributed by atoms with Gasteiger partial charge < -0.3 is 10.8 Å². The topological polar surface area (TPSA) is 154 Å². The van der Waals surface area contributed by atoms with E-state index in [2.05, 4.69) is 15.0 Å². The molecule has 1 amide bonds. The van der Waals surface area contributed by atoms with Crippen molar-refractivity contribution in [2.24, 2.45) is 4.99 Å². The number of hydrogen-bond donors (Lipinski definition) is 4. The third kappa shape index (κ3) is 4.92. The molecular weight excluding hydrogens is 503 g/mol. The molecule has 2 aliphatic rings. The van der Waals surface area contributed by atoms with Crippen molar-refractivity contribution in [1.29, 1.82) is 0 Å². The number of fused-ring (bicyclic) bond motifs is 1. The molecule has 2 aliphatic heterocycles. The molecule has 10 nitrogen and oxygen atoms in total. The molecule has 2 unspecified atom stereocenters. The van der Waals surface area contributed by atoms with Crippen molar-refractivity contribution in [2.45, 2.75) is 18.3 Å². The maximum Gasteiger partial charge on any atom is 0.353 e. The second-order valence-electron chi connectivity index (χ2n) is 6.31. The number of hydrogen-bond acceptors (Lipinski definition) is 11. The zero-order valence-electron chi connectivity index (χ0n) is 16.9. The van der Waals surface area contributed by atoms with Gasteiger partial charge in [0.15, 0.2) is 17.0 Å². The van der Waals surface area contributed by atoms with E-state index < -0.39 is 23.3 Å². The van der Waals surface area contributed by atoms with Gasteiger partial charge in [0.25, 0.3) is 5.91 Å². The number of nitrogens with one attached hydrogen (secondary N) is 1. The van der Waals surface area contributed by atoms with E-state index in [1.807, 2.05) is 18.5 Å². The van der Waals surface area contributed by atoms with Crippen LogP contribution in [0, 0.1) is 6.92 Å². The molecule has 0 saturated carbocycles. The number of thiazole rings is 2. The Balaban J connectivity index is 0.00000289. The number of β-lactam (4-membered cyclic amide) rings is 1. The fraction of sp³-hybridized carbons (Fsp3) is 0.235. The van der Waals surface area contributed by atoms with Crippen molar-refractivity contribution in [3.8, 4) is 0 Å². The number of carbonyl (C=O) groups is 2. The SMILES string of the molecule is Cc1ncsc1/C=C\SC1=C(C(=O)O)N2C(=O)C(N=C(NO)c3csc(N)n3)C2SC1.[Na]. The number of aliphatic carboxylic acids is 1. The van der Waals surface area contributed by atoms with Crippen LogP contribution in [-0.4, -0.2) is 89.6 Å². The molecule has 1 fully saturated rings. The second kappa shape index (κ2) is 10.7. The fourth-order valence-corrected chi connectivity index (χ4v) is 6.63. The van der Waals surface area contributed by atoms with Gasteiger partial charge in [0.2, 0.25) is 0 Å². The summed E-state index contributed by atoms with van der Waals surface area (Å²) in [5.41, 5.74) is 10.5. The minimum atomic E-state index is -1.17. The molecule has 2 atom stereocenters. The van der Waals surface area contributed by atoms with Crippen LogP contribution in [0.4, 0.5) is 5.13 Å². The van der Waals surface area contributed by atoms with E-state index in [-0.39, 0.29) is 41.1 Å². The van der Waals surface area contributed by atoms with Gasteiger partial charge in [-0.25, -0.2) is 19.8 Å². The van der Waals surface area contributed by atoms with Gasteiger partial charge in [0.1, 0.15) is 16.8 Å². The Hall–Kier alpha value is -1.39. The number of anilines is 1. The summed E-state index contributed by atoms with van der Waals surface area (Å²) in [7, 11) is 0. The van der Waals surface area contributed by atoms with Gasteiger partial charge in [-0.3, -0.25) is 20.4 Å². The molecule has 4 heterocycles. The summed E-state index contributed by atoms with van der Waals surface area (Å²) < 4.78 is 0. The number of nitrogen functional groups attached to an aromatic ring is 1. The molecule has 0 bridgehead atoms. The van der Waals surface area contributed by atoms with Gasteiger partial charge in [-0.2, -0.15) is 0 Å². The van der Waals surface area contributed by atoms with Crippen LogP contribution in [0.2, 0.25) is 0 Å². The van der Waals surface area contributed by atoms with Gasteiger partial charge in [-0.15, -0.1) is 34.4 Å². The molecule has 0 aromatic carbocycles.